The maximum atomic E-state index is 13.4. The van der Waals surface area contributed by atoms with E-state index in [0.29, 0.717) is 74.8 Å². The molecule has 4 N–H and O–H groups in total. The van der Waals surface area contributed by atoms with Gasteiger partial charge in [-0.1, -0.05) is 151 Å². The molecule has 3 aromatic heterocycles. The molecule has 12 fully saturated rings. The van der Waals surface area contributed by atoms with E-state index < -0.39 is 16.8 Å². The quantitative estimate of drug-likeness (QED) is 0.121. The molecule has 100 heavy (non-hydrogen) atoms. The number of carbonyl (C=O) groups is 3. The highest BCUT2D eigenvalue weighted by atomic mass is 127. The minimum absolute atomic E-state index is 0.109. The Balaban J connectivity index is 0.000000162. The number of hydrogen-bond acceptors (Lipinski definition) is 15. The predicted octanol–water partition coefficient (Wildman–Crippen LogP) is 17.1. The Morgan fingerprint density at radius 3 is 1.11 bits per heavy atom. The van der Waals surface area contributed by atoms with Crippen LogP contribution in [0.2, 0.25) is 0 Å². The fourth-order valence-corrected chi connectivity index (χ4v) is 27.4. The first kappa shape index (κ1) is 82.8. The van der Waals surface area contributed by atoms with Gasteiger partial charge in [0.25, 0.3) is 0 Å². The summed E-state index contributed by atoms with van der Waals surface area (Å²) in [6.45, 7) is 34.4. The van der Waals surface area contributed by atoms with Crippen LogP contribution < -0.4 is 0 Å². The highest BCUT2D eigenvalue weighted by molar-refractivity contribution is 14.1. The number of aryl methyl sites for hydroxylation is 3. The summed E-state index contributed by atoms with van der Waals surface area (Å²) in [6.07, 6.45) is 30.7. The zero-order chi connectivity index (χ0) is 73.8. The zero-order valence-corrected chi connectivity index (χ0v) is 72.7. The number of carbonyl (C=O) groups excluding carboxylic acids is 3. The van der Waals surface area contributed by atoms with Crippen LogP contribution in [0, 0.1) is 141 Å². The third-order valence-corrected chi connectivity index (χ3v) is 33.0. The van der Waals surface area contributed by atoms with Crippen LogP contribution in [0.25, 0.3) is 0 Å². The molecule has 0 bridgehead atoms. The van der Waals surface area contributed by atoms with E-state index in [1.54, 1.807) is 11.6 Å². The fourth-order valence-electron chi connectivity index (χ4n) is 27.0. The van der Waals surface area contributed by atoms with Crippen molar-refractivity contribution in [3.05, 3.63) is 17.5 Å². The molecule has 24 atom stereocenters. The lowest BCUT2D eigenvalue weighted by molar-refractivity contribution is -0.189. The number of nitrogens with one attached hydrogen (secondary N) is 1. The fraction of sp³-hybridized carbons (Fsp3) is 0.923. The molecule has 12 aliphatic rings. The molecule has 12 saturated carbocycles. The molecule has 3 heterocycles. The molecule has 0 amide bonds. The molecule has 18 nitrogen and oxygen atoms in total. The van der Waals surface area contributed by atoms with Gasteiger partial charge in [-0.05, 0) is 347 Å². The average molecular weight is 1790 g/mol. The lowest BCUT2D eigenvalue weighted by atomic mass is 9.39. The number of ketones is 3. The number of H-pyrrole nitrogens is 1. The Kier molecular flexibility index (Phi) is 26.0. The average Bonchev–Trinajstić information content (AvgIpc) is 1.27. The van der Waals surface area contributed by atoms with E-state index in [0.717, 1.165) is 125 Å². The van der Waals surface area contributed by atoms with E-state index in [2.05, 4.69) is 205 Å². The molecule has 566 valence electrons. The van der Waals surface area contributed by atoms with Crippen molar-refractivity contribution in [1.82, 2.24) is 61.0 Å². The standard InChI is InChI=1S/2C25H40N4O2.C23H37BrO2.C2H4N4.3CH3I/c1-16-26-27-28-29(16)14-21(30)20-7-6-18-17-8-10-22(2)15-23(3,31)12-13-25(22,5)19(17)9-11-24(18,20)4;1-16-26-28-29(27-16)14-21(30)20-7-6-18-17-8-10-22(2)15-23(3,31)12-13-25(22,5)19(17)9-11-24(18,20)4;1-20-9-7-15-16-5-6-18(19(25)13-24)22(16,3)10-8-17(15)23(20,4)12-11-21(2,26)14-20;1-2-3-5-6-4-2;3*1-2/h2*17-20,31H,6-15H2,1-5H3;15-18,26H,5-14H2,1-4H3;1H3,(H,3,4,5,6);3*1H3/t2*17-,18-,19-,20+,22+,23+,24-,25+;15-,16-,17-,18+,20+,21+,22-,23+;;;;/m000..../s1. The molecule has 0 radical (unpaired) electrons. The van der Waals surface area contributed by atoms with Crippen LogP contribution >= 0.6 is 83.7 Å². The maximum Gasteiger partial charge on any atom is 0.171 e. The minimum atomic E-state index is -0.511. The van der Waals surface area contributed by atoms with Crippen molar-refractivity contribution in [3.63, 3.8) is 0 Å². The van der Waals surface area contributed by atoms with Crippen LogP contribution in [0.3, 0.4) is 0 Å². The number of tetrazole rings is 3. The SMILES string of the molecule is CI.CI.CI.C[C@@]1(O)CC[C@]2(C)[C@H]3CC[C@]4(C)[C@@H](C(=O)CBr)CC[C@H]4[C@@H]3CC[C@]2(C)C1.Cc1nn[nH]n1.Cc1nnn(CC(=O)[C@H]2CC[C@H]3[C@@H]4CC[C@]5(C)C[C@](C)(O)CC[C@]5(C)[C@H]4CC[C@]23C)n1.Cc1nnnn1CC(=O)[C@H]1CC[C@H]2[C@@H]3CC[C@]4(C)C[C@](C)(O)CC[C@]4(C)[C@H]3CC[C@]12C. The molecule has 0 aromatic carbocycles. The molecule has 22 heteroatoms. The smallest absolute Gasteiger partial charge is 0.171 e. The van der Waals surface area contributed by atoms with Crippen molar-refractivity contribution in [1.29, 1.82) is 0 Å². The molecule has 12 aliphatic carbocycles. The van der Waals surface area contributed by atoms with Crippen LogP contribution in [0.15, 0.2) is 0 Å². The predicted molar refractivity (Wildman–Crippen MR) is 424 cm³/mol. The molecular formula is C78H130BrI3N12O6. The van der Waals surface area contributed by atoms with Crippen molar-refractivity contribution in [2.75, 3.05) is 20.1 Å². The number of Topliss-reactive ketones (excluding diaryl/α,β-unsaturated/α-hetero) is 3. The van der Waals surface area contributed by atoms with Crippen LogP contribution in [0.1, 0.15) is 274 Å². The van der Waals surface area contributed by atoms with Gasteiger partial charge in [-0.3, -0.25) is 14.4 Å². The van der Waals surface area contributed by atoms with Gasteiger partial charge >= 0.3 is 0 Å². The van der Waals surface area contributed by atoms with Gasteiger partial charge in [-0.2, -0.15) is 10.0 Å². The minimum Gasteiger partial charge on any atom is -0.390 e. The Hall–Kier alpha value is -1.23. The first-order valence-corrected chi connectivity index (χ1v) is 46.1. The number of nitrogens with zero attached hydrogens (tertiary/aromatic N) is 11. The topological polar surface area (TPSA) is 254 Å². The molecule has 0 saturated heterocycles. The van der Waals surface area contributed by atoms with E-state index in [1.807, 2.05) is 42.5 Å². The van der Waals surface area contributed by atoms with Gasteiger partial charge in [0.15, 0.2) is 23.2 Å². The first-order chi connectivity index (χ1) is 46.9. The van der Waals surface area contributed by atoms with Crippen molar-refractivity contribution in [2.24, 2.45) is 120 Å². The summed E-state index contributed by atoms with van der Waals surface area (Å²) >= 11 is 9.88. The molecule has 15 rings (SSSR count). The Bertz CT molecular complexity index is 3280. The summed E-state index contributed by atoms with van der Waals surface area (Å²) in [7, 11) is 0. The first-order valence-electron chi connectivity index (χ1n) is 38.5. The van der Waals surface area contributed by atoms with E-state index in [-0.39, 0.29) is 56.8 Å². The molecule has 3 aromatic rings. The van der Waals surface area contributed by atoms with Crippen molar-refractivity contribution in [3.8, 4) is 0 Å². The van der Waals surface area contributed by atoms with Gasteiger partial charge in [-0.15, -0.1) is 25.5 Å². The second-order valence-electron chi connectivity index (χ2n) is 37.5. The molecule has 0 aliphatic heterocycles. The number of hydrogen-bond donors (Lipinski definition) is 4. The Morgan fingerprint density at radius 2 is 0.810 bits per heavy atom. The maximum absolute atomic E-state index is 13.4. The van der Waals surface area contributed by atoms with Gasteiger partial charge in [0.05, 0.1) is 22.1 Å². The number of rotatable bonds is 8. The lowest BCUT2D eigenvalue weighted by Crippen LogP contribution is -2.60. The van der Waals surface area contributed by atoms with Gasteiger partial charge < -0.3 is 15.3 Å². The zero-order valence-electron chi connectivity index (χ0n) is 64.6. The summed E-state index contributed by atoms with van der Waals surface area (Å²) in [5.41, 5.74) is 0.665. The van der Waals surface area contributed by atoms with E-state index >= 15 is 0 Å². The second kappa shape index (κ2) is 31.4. The van der Waals surface area contributed by atoms with Gasteiger partial charge in [0.2, 0.25) is 0 Å². The number of fused-ring (bicyclic) bond motifs is 15. The lowest BCUT2D eigenvalue weighted by Gasteiger charge is -2.66. The number of halogens is 4. The van der Waals surface area contributed by atoms with E-state index in [4.69, 9.17) is 0 Å². The van der Waals surface area contributed by atoms with Crippen molar-refractivity contribution >= 4 is 101 Å². The van der Waals surface area contributed by atoms with Gasteiger partial charge in [0.1, 0.15) is 24.7 Å². The molecular weight excluding hydrogens is 1660 g/mol. The van der Waals surface area contributed by atoms with Crippen LogP contribution in [0.5, 0.6) is 0 Å². The van der Waals surface area contributed by atoms with E-state index in [1.165, 1.54) is 94.7 Å². The van der Waals surface area contributed by atoms with Gasteiger partial charge in [0, 0.05) is 17.8 Å². The summed E-state index contributed by atoms with van der Waals surface area (Å²) in [6, 6.07) is 0. The number of aromatic nitrogens is 12. The Labute approximate surface area is 650 Å². The van der Waals surface area contributed by atoms with E-state index in [9.17, 15) is 29.7 Å². The monoisotopic (exact) mass is 1790 g/mol. The summed E-state index contributed by atoms with van der Waals surface area (Å²) < 4.78 is 1.66. The largest absolute Gasteiger partial charge is 0.390 e. The van der Waals surface area contributed by atoms with Crippen LogP contribution in [0.4, 0.5) is 0 Å². The number of aliphatic hydroxyl groups is 3. The summed E-state index contributed by atoms with van der Waals surface area (Å²) in [5.74, 6) is 10.1. The summed E-state index contributed by atoms with van der Waals surface area (Å²) in [4.78, 5) is 46.6. The second-order valence-corrected chi connectivity index (χ2v) is 38.0. The van der Waals surface area contributed by atoms with Crippen molar-refractivity contribution in [2.45, 2.75) is 307 Å². The van der Waals surface area contributed by atoms with Gasteiger partial charge in [-0.25, -0.2) is 4.68 Å². The molecule has 0 spiro atoms. The molecule has 0 unspecified atom stereocenters. The summed E-state index contributed by atoms with van der Waals surface area (Å²) in [5, 5.41) is 69.6. The number of alkyl halides is 4. The van der Waals surface area contributed by atoms with Crippen molar-refractivity contribution < 1.29 is 29.7 Å². The number of aromatic amines is 1. The third-order valence-electron chi connectivity index (χ3n) is 32.5. The highest BCUT2D eigenvalue weighted by Gasteiger charge is 2.69. The van der Waals surface area contributed by atoms with Crippen LogP contribution in [-0.2, 0) is 27.5 Å². The Morgan fingerprint density at radius 1 is 0.440 bits per heavy atom. The highest BCUT2D eigenvalue weighted by Crippen LogP contribution is 2.75. The van der Waals surface area contributed by atoms with Crippen LogP contribution in [-0.4, -0.2) is 131 Å². The normalized spacial score (nSPS) is 45.9. The third kappa shape index (κ3) is 15.2.